The highest BCUT2D eigenvalue weighted by atomic mass is 35.5. The minimum absolute atomic E-state index is 0.132. The Bertz CT molecular complexity index is 424. The first kappa shape index (κ1) is 13.6. The number of benzene rings is 1. The summed E-state index contributed by atoms with van der Waals surface area (Å²) in [5, 5.41) is 3.79. The Labute approximate surface area is 110 Å². The standard InChI is InChI=1S/C11H12Cl3NO/c1-11(2,3)10(16)15-9-5-7(13)6(12)4-8(9)14/h4-5H,1-3H3,(H,15,16). The second-order valence-corrected chi connectivity index (χ2v) is 5.67. The molecule has 0 aliphatic heterocycles. The lowest BCUT2D eigenvalue weighted by Gasteiger charge is -2.18. The van der Waals surface area contributed by atoms with Crippen LogP contribution in [0.5, 0.6) is 0 Å². The quantitative estimate of drug-likeness (QED) is 0.747. The smallest absolute Gasteiger partial charge is 0.229 e. The Balaban J connectivity index is 2.99. The number of carbonyl (C=O) groups is 1. The average molecular weight is 281 g/mol. The first-order valence-electron chi connectivity index (χ1n) is 4.68. The number of rotatable bonds is 1. The molecule has 0 saturated carbocycles. The Kier molecular flexibility index (Phi) is 4.11. The zero-order chi connectivity index (χ0) is 12.5. The molecule has 1 aromatic rings. The van der Waals surface area contributed by atoms with Crippen LogP contribution in [0.25, 0.3) is 0 Å². The van der Waals surface area contributed by atoms with Crippen LogP contribution < -0.4 is 5.32 Å². The van der Waals surface area contributed by atoms with Crippen molar-refractivity contribution in [2.45, 2.75) is 20.8 Å². The fourth-order valence-corrected chi connectivity index (χ4v) is 1.52. The zero-order valence-corrected chi connectivity index (χ0v) is 11.5. The molecule has 0 fully saturated rings. The maximum absolute atomic E-state index is 11.7. The van der Waals surface area contributed by atoms with Gasteiger partial charge in [-0.1, -0.05) is 55.6 Å². The van der Waals surface area contributed by atoms with Crippen LogP contribution in [0.2, 0.25) is 15.1 Å². The number of hydrogen-bond acceptors (Lipinski definition) is 1. The maximum atomic E-state index is 11.7. The van der Waals surface area contributed by atoms with Crippen LogP contribution >= 0.6 is 34.8 Å². The van der Waals surface area contributed by atoms with E-state index in [1.165, 1.54) is 12.1 Å². The van der Waals surface area contributed by atoms with Crippen LogP contribution in [0, 0.1) is 5.41 Å². The van der Waals surface area contributed by atoms with Crippen molar-refractivity contribution < 1.29 is 4.79 Å². The molecule has 0 aliphatic carbocycles. The normalized spacial score (nSPS) is 11.4. The summed E-state index contributed by atoms with van der Waals surface area (Å²) < 4.78 is 0. The molecule has 0 bridgehead atoms. The lowest BCUT2D eigenvalue weighted by Crippen LogP contribution is -2.27. The van der Waals surface area contributed by atoms with E-state index in [9.17, 15) is 4.79 Å². The first-order chi connectivity index (χ1) is 7.21. The monoisotopic (exact) mass is 279 g/mol. The van der Waals surface area contributed by atoms with Crippen LogP contribution in [0.4, 0.5) is 5.69 Å². The van der Waals surface area contributed by atoms with Gasteiger partial charge in [0.1, 0.15) is 0 Å². The van der Waals surface area contributed by atoms with E-state index in [1.54, 1.807) is 0 Å². The van der Waals surface area contributed by atoms with Gasteiger partial charge in [0.2, 0.25) is 5.91 Å². The molecule has 5 heteroatoms. The van der Waals surface area contributed by atoms with Gasteiger partial charge in [-0.2, -0.15) is 0 Å². The zero-order valence-electron chi connectivity index (χ0n) is 9.20. The summed E-state index contributed by atoms with van der Waals surface area (Å²) in [5.74, 6) is -0.132. The summed E-state index contributed by atoms with van der Waals surface area (Å²) in [7, 11) is 0. The number of nitrogens with one attached hydrogen (secondary N) is 1. The highest BCUT2D eigenvalue weighted by Crippen LogP contribution is 2.33. The van der Waals surface area contributed by atoms with Gasteiger partial charge >= 0.3 is 0 Å². The van der Waals surface area contributed by atoms with Crippen molar-refractivity contribution in [1.29, 1.82) is 0 Å². The molecule has 2 nitrogen and oxygen atoms in total. The highest BCUT2D eigenvalue weighted by Gasteiger charge is 2.22. The Hall–Kier alpha value is -0.440. The lowest BCUT2D eigenvalue weighted by molar-refractivity contribution is -0.123. The van der Waals surface area contributed by atoms with Gasteiger partial charge in [0.05, 0.1) is 20.8 Å². The third-order valence-corrected chi connectivity index (χ3v) is 2.97. The fourth-order valence-electron chi connectivity index (χ4n) is 0.928. The summed E-state index contributed by atoms with van der Waals surface area (Å²) in [5.41, 5.74) is -0.0221. The van der Waals surface area contributed by atoms with Gasteiger partial charge in [0.25, 0.3) is 0 Å². The van der Waals surface area contributed by atoms with Crippen molar-refractivity contribution >= 4 is 46.4 Å². The van der Waals surface area contributed by atoms with E-state index in [0.29, 0.717) is 20.8 Å². The summed E-state index contributed by atoms with van der Waals surface area (Å²) >= 11 is 17.6. The van der Waals surface area contributed by atoms with E-state index in [4.69, 9.17) is 34.8 Å². The van der Waals surface area contributed by atoms with Crippen LogP contribution in [-0.4, -0.2) is 5.91 Å². The van der Waals surface area contributed by atoms with Crippen LogP contribution in [-0.2, 0) is 4.79 Å². The fraction of sp³-hybridized carbons (Fsp3) is 0.364. The van der Waals surface area contributed by atoms with Crippen molar-refractivity contribution in [3.8, 4) is 0 Å². The van der Waals surface area contributed by atoms with Gasteiger partial charge in [0, 0.05) is 5.41 Å². The highest BCUT2D eigenvalue weighted by molar-refractivity contribution is 6.44. The second-order valence-electron chi connectivity index (χ2n) is 4.45. The van der Waals surface area contributed by atoms with Crippen LogP contribution in [0.15, 0.2) is 12.1 Å². The molecule has 0 saturated heterocycles. The number of amides is 1. The SMILES string of the molecule is CC(C)(C)C(=O)Nc1cc(Cl)c(Cl)cc1Cl. The van der Waals surface area contributed by atoms with Gasteiger partial charge in [-0.15, -0.1) is 0 Å². The maximum Gasteiger partial charge on any atom is 0.229 e. The number of carbonyl (C=O) groups excluding carboxylic acids is 1. The molecule has 0 unspecified atom stereocenters. The number of anilines is 1. The molecular formula is C11H12Cl3NO. The first-order valence-corrected chi connectivity index (χ1v) is 5.81. The van der Waals surface area contributed by atoms with Gasteiger partial charge in [0.15, 0.2) is 0 Å². The lowest BCUT2D eigenvalue weighted by atomic mass is 9.95. The molecule has 0 spiro atoms. The summed E-state index contributed by atoms with van der Waals surface area (Å²) in [6.07, 6.45) is 0. The van der Waals surface area contributed by atoms with E-state index >= 15 is 0 Å². The van der Waals surface area contributed by atoms with Crippen molar-refractivity contribution in [2.24, 2.45) is 5.41 Å². The number of hydrogen-bond donors (Lipinski definition) is 1. The molecule has 0 aromatic heterocycles. The Morgan fingerprint density at radius 1 is 1.06 bits per heavy atom. The summed E-state index contributed by atoms with van der Waals surface area (Å²) in [6, 6.07) is 3.04. The van der Waals surface area contributed by atoms with Crippen molar-refractivity contribution in [3.05, 3.63) is 27.2 Å². The molecule has 0 atom stereocenters. The second kappa shape index (κ2) is 4.82. The van der Waals surface area contributed by atoms with E-state index < -0.39 is 5.41 Å². The molecular weight excluding hydrogens is 268 g/mol. The largest absolute Gasteiger partial charge is 0.324 e. The molecule has 1 amide bonds. The molecule has 0 radical (unpaired) electrons. The van der Waals surface area contributed by atoms with E-state index in [2.05, 4.69) is 5.32 Å². The van der Waals surface area contributed by atoms with Gasteiger partial charge in [-0.25, -0.2) is 0 Å². The minimum Gasteiger partial charge on any atom is -0.324 e. The summed E-state index contributed by atoms with van der Waals surface area (Å²) in [6.45, 7) is 5.44. The third-order valence-electron chi connectivity index (χ3n) is 1.94. The minimum atomic E-state index is -0.491. The van der Waals surface area contributed by atoms with Crippen molar-refractivity contribution in [3.63, 3.8) is 0 Å². The average Bonchev–Trinajstić information content (AvgIpc) is 2.12. The Morgan fingerprint density at radius 2 is 1.56 bits per heavy atom. The van der Waals surface area contributed by atoms with Crippen LogP contribution in [0.1, 0.15) is 20.8 Å². The summed E-state index contributed by atoms with van der Waals surface area (Å²) in [4.78, 5) is 11.7. The van der Waals surface area contributed by atoms with Gasteiger partial charge in [-0.05, 0) is 12.1 Å². The topological polar surface area (TPSA) is 29.1 Å². The molecule has 1 rings (SSSR count). The van der Waals surface area contributed by atoms with E-state index in [0.717, 1.165) is 0 Å². The molecule has 16 heavy (non-hydrogen) atoms. The van der Waals surface area contributed by atoms with E-state index in [1.807, 2.05) is 20.8 Å². The molecule has 1 N–H and O–H groups in total. The molecule has 0 heterocycles. The van der Waals surface area contributed by atoms with Gasteiger partial charge < -0.3 is 5.32 Å². The molecule has 1 aromatic carbocycles. The van der Waals surface area contributed by atoms with Gasteiger partial charge in [-0.3, -0.25) is 4.79 Å². The third kappa shape index (κ3) is 3.27. The predicted molar refractivity (Wildman–Crippen MR) is 69.6 cm³/mol. The Morgan fingerprint density at radius 3 is 2.06 bits per heavy atom. The van der Waals surface area contributed by atoms with Crippen LogP contribution in [0.3, 0.4) is 0 Å². The molecule has 88 valence electrons. The molecule has 0 aliphatic rings. The predicted octanol–water partition coefficient (Wildman–Crippen LogP) is 4.63. The van der Waals surface area contributed by atoms with Crippen molar-refractivity contribution in [1.82, 2.24) is 0 Å². The number of halogens is 3. The van der Waals surface area contributed by atoms with E-state index in [-0.39, 0.29) is 5.91 Å². The van der Waals surface area contributed by atoms with Crippen molar-refractivity contribution in [2.75, 3.05) is 5.32 Å².